The van der Waals surface area contributed by atoms with E-state index in [9.17, 15) is 4.79 Å². The SMILES string of the molecule is CN=C(NCCN1CCN(Cc2ccccc2)CC1)NCC(=O)NC(C)(C)C.I. The predicted molar refractivity (Wildman–Crippen MR) is 131 cm³/mol. The number of piperazine rings is 1. The lowest BCUT2D eigenvalue weighted by Gasteiger charge is -2.34. The van der Waals surface area contributed by atoms with Gasteiger partial charge in [0, 0.05) is 58.4 Å². The first-order chi connectivity index (χ1) is 13.4. The first-order valence-electron chi connectivity index (χ1n) is 10.1. The Balaban J connectivity index is 0.00000420. The molecule has 0 unspecified atom stereocenters. The van der Waals surface area contributed by atoms with Gasteiger partial charge in [0.2, 0.25) is 5.91 Å². The summed E-state index contributed by atoms with van der Waals surface area (Å²) in [5.41, 5.74) is 1.15. The van der Waals surface area contributed by atoms with Crippen molar-refractivity contribution in [1.82, 2.24) is 25.8 Å². The maximum absolute atomic E-state index is 11.9. The van der Waals surface area contributed by atoms with Crippen LogP contribution in [0.25, 0.3) is 0 Å². The topological polar surface area (TPSA) is 72.0 Å². The fourth-order valence-electron chi connectivity index (χ4n) is 3.19. The lowest BCUT2D eigenvalue weighted by Crippen LogP contribution is -2.50. The second-order valence-corrected chi connectivity index (χ2v) is 8.25. The highest BCUT2D eigenvalue weighted by Crippen LogP contribution is 2.07. The lowest BCUT2D eigenvalue weighted by atomic mass is 10.1. The van der Waals surface area contributed by atoms with Gasteiger partial charge in [-0.05, 0) is 26.3 Å². The van der Waals surface area contributed by atoms with Crippen LogP contribution in [0.4, 0.5) is 0 Å². The van der Waals surface area contributed by atoms with Crippen molar-refractivity contribution in [2.24, 2.45) is 4.99 Å². The van der Waals surface area contributed by atoms with E-state index in [1.165, 1.54) is 5.56 Å². The van der Waals surface area contributed by atoms with Crippen LogP contribution in [0.5, 0.6) is 0 Å². The van der Waals surface area contributed by atoms with Crippen LogP contribution in [0.15, 0.2) is 35.3 Å². The fourth-order valence-corrected chi connectivity index (χ4v) is 3.19. The number of aliphatic imine (C=N–C) groups is 1. The first kappa shape index (κ1) is 25.6. The highest BCUT2D eigenvalue weighted by atomic mass is 127. The van der Waals surface area contributed by atoms with Gasteiger partial charge in [-0.2, -0.15) is 0 Å². The zero-order valence-electron chi connectivity index (χ0n) is 18.2. The Labute approximate surface area is 192 Å². The summed E-state index contributed by atoms with van der Waals surface area (Å²) in [6.45, 7) is 13.3. The molecule has 0 bridgehead atoms. The molecule has 8 heteroatoms. The number of halogens is 1. The van der Waals surface area contributed by atoms with Crippen molar-refractivity contribution in [1.29, 1.82) is 0 Å². The fraction of sp³-hybridized carbons (Fsp3) is 0.619. The molecule has 29 heavy (non-hydrogen) atoms. The van der Waals surface area contributed by atoms with Crippen molar-refractivity contribution >= 4 is 35.8 Å². The molecule has 1 aromatic carbocycles. The zero-order valence-corrected chi connectivity index (χ0v) is 20.5. The van der Waals surface area contributed by atoms with Crippen LogP contribution in [0.2, 0.25) is 0 Å². The normalized spacial score (nSPS) is 16.1. The maximum Gasteiger partial charge on any atom is 0.239 e. The van der Waals surface area contributed by atoms with Gasteiger partial charge < -0.3 is 16.0 Å². The molecule has 1 heterocycles. The number of hydrogen-bond donors (Lipinski definition) is 3. The van der Waals surface area contributed by atoms with E-state index >= 15 is 0 Å². The maximum atomic E-state index is 11.9. The molecule has 0 atom stereocenters. The summed E-state index contributed by atoms with van der Waals surface area (Å²) in [4.78, 5) is 21.1. The summed E-state index contributed by atoms with van der Waals surface area (Å²) in [7, 11) is 1.72. The van der Waals surface area contributed by atoms with Crippen LogP contribution in [0.3, 0.4) is 0 Å². The van der Waals surface area contributed by atoms with E-state index < -0.39 is 0 Å². The third-order valence-corrected chi connectivity index (χ3v) is 4.59. The minimum Gasteiger partial charge on any atom is -0.355 e. The van der Waals surface area contributed by atoms with Gasteiger partial charge in [0.15, 0.2) is 5.96 Å². The van der Waals surface area contributed by atoms with Crippen molar-refractivity contribution in [3.63, 3.8) is 0 Å². The second-order valence-electron chi connectivity index (χ2n) is 8.25. The van der Waals surface area contributed by atoms with Gasteiger partial charge >= 0.3 is 0 Å². The molecule has 1 amide bonds. The highest BCUT2D eigenvalue weighted by molar-refractivity contribution is 14.0. The van der Waals surface area contributed by atoms with Crippen LogP contribution in [-0.4, -0.2) is 80.1 Å². The number of nitrogens with one attached hydrogen (secondary N) is 3. The van der Waals surface area contributed by atoms with Crippen LogP contribution in [-0.2, 0) is 11.3 Å². The van der Waals surface area contributed by atoms with Crippen LogP contribution < -0.4 is 16.0 Å². The molecular formula is C21H37IN6O. The quantitative estimate of drug-likeness (QED) is 0.291. The number of carbonyl (C=O) groups is 1. The van der Waals surface area contributed by atoms with E-state index in [0.29, 0.717) is 5.96 Å². The molecule has 1 saturated heterocycles. The molecule has 3 N–H and O–H groups in total. The third-order valence-electron chi connectivity index (χ3n) is 4.59. The molecular weight excluding hydrogens is 479 g/mol. The van der Waals surface area contributed by atoms with Crippen molar-refractivity contribution in [2.75, 3.05) is 52.9 Å². The van der Waals surface area contributed by atoms with E-state index in [4.69, 9.17) is 0 Å². The molecule has 2 rings (SSSR count). The molecule has 0 spiro atoms. The monoisotopic (exact) mass is 516 g/mol. The molecule has 0 saturated carbocycles. The van der Waals surface area contributed by atoms with Crippen molar-refractivity contribution in [3.8, 4) is 0 Å². The summed E-state index contributed by atoms with van der Waals surface area (Å²) in [6.07, 6.45) is 0. The minimum absolute atomic E-state index is 0. The highest BCUT2D eigenvalue weighted by Gasteiger charge is 2.17. The molecule has 1 aliphatic heterocycles. The van der Waals surface area contributed by atoms with Gasteiger partial charge in [0.25, 0.3) is 0 Å². The summed E-state index contributed by atoms with van der Waals surface area (Å²) in [5, 5.41) is 9.28. The van der Waals surface area contributed by atoms with E-state index in [1.807, 2.05) is 20.8 Å². The Hall–Kier alpha value is -1.39. The molecule has 0 aliphatic carbocycles. The Morgan fingerprint density at radius 1 is 1.03 bits per heavy atom. The lowest BCUT2D eigenvalue weighted by molar-refractivity contribution is -0.121. The van der Waals surface area contributed by atoms with E-state index in [-0.39, 0.29) is 42.0 Å². The third kappa shape index (κ3) is 10.8. The molecule has 1 fully saturated rings. The summed E-state index contributed by atoms with van der Waals surface area (Å²) in [6, 6.07) is 10.7. The average Bonchev–Trinajstić information content (AvgIpc) is 2.65. The summed E-state index contributed by atoms with van der Waals surface area (Å²) < 4.78 is 0. The molecule has 0 radical (unpaired) electrons. The van der Waals surface area contributed by atoms with Crippen LogP contribution >= 0.6 is 24.0 Å². The summed E-state index contributed by atoms with van der Waals surface area (Å²) in [5.74, 6) is 0.622. The van der Waals surface area contributed by atoms with Gasteiger partial charge in [-0.25, -0.2) is 0 Å². The molecule has 1 aliphatic rings. The second kappa shape index (κ2) is 13.0. The zero-order chi connectivity index (χ0) is 20.4. The Bertz CT molecular complexity index is 624. The Kier molecular flexibility index (Phi) is 11.5. The van der Waals surface area contributed by atoms with E-state index in [2.05, 4.69) is 61.1 Å². The largest absolute Gasteiger partial charge is 0.355 e. The number of amides is 1. The molecule has 7 nitrogen and oxygen atoms in total. The molecule has 1 aromatic rings. The van der Waals surface area contributed by atoms with Gasteiger partial charge in [0.1, 0.15) is 0 Å². The molecule has 164 valence electrons. The summed E-state index contributed by atoms with van der Waals surface area (Å²) >= 11 is 0. The number of rotatable bonds is 7. The molecule has 0 aromatic heterocycles. The van der Waals surface area contributed by atoms with Gasteiger partial charge in [0.05, 0.1) is 6.54 Å². The van der Waals surface area contributed by atoms with E-state index in [1.54, 1.807) is 7.05 Å². The number of hydrogen-bond acceptors (Lipinski definition) is 4. The van der Waals surface area contributed by atoms with E-state index in [0.717, 1.165) is 45.8 Å². The number of nitrogens with zero attached hydrogens (tertiary/aromatic N) is 3. The minimum atomic E-state index is -0.224. The van der Waals surface area contributed by atoms with Gasteiger partial charge in [-0.3, -0.25) is 19.6 Å². The first-order valence-corrected chi connectivity index (χ1v) is 10.1. The van der Waals surface area contributed by atoms with Crippen LogP contribution in [0, 0.1) is 0 Å². The standard InChI is InChI=1S/C21H36N6O.HI/c1-21(2,3)25-19(28)16-24-20(22-4)23-10-11-26-12-14-27(15-13-26)17-18-8-6-5-7-9-18;/h5-9H,10-17H2,1-4H3,(H,25,28)(H2,22,23,24);1H. The predicted octanol–water partition coefficient (Wildman–Crippen LogP) is 1.50. The number of carbonyl (C=O) groups excluding carboxylic acids is 1. The van der Waals surface area contributed by atoms with Crippen LogP contribution in [0.1, 0.15) is 26.3 Å². The average molecular weight is 516 g/mol. The Morgan fingerprint density at radius 2 is 1.66 bits per heavy atom. The number of guanidine groups is 1. The van der Waals surface area contributed by atoms with Crippen molar-refractivity contribution in [2.45, 2.75) is 32.9 Å². The van der Waals surface area contributed by atoms with Gasteiger partial charge in [-0.1, -0.05) is 30.3 Å². The smallest absolute Gasteiger partial charge is 0.239 e. The number of benzene rings is 1. The van der Waals surface area contributed by atoms with Crippen molar-refractivity contribution < 1.29 is 4.79 Å². The Morgan fingerprint density at radius 3 is 2.24 bits per heavy atom. The van der Waals surface area contributed by atoms with Crippen molar-refractivity contribution in [3.05, 3.63) is 35.9 Å². The van der Waals surface area contributed by atoms with Gasteiger partial charge in [-0.15, -0.1) is 24.0 Å².